The highest BCUT2D eigenvalue weighted by atomic mass is 16.3. The number of rotatable bonds is 8. The zero-order valence-electron chi connectivity index (χ0n) is 24.5. The predicted octanol–water partition coefficient (Wildman–Crippen LogP) is 2.70. The van der Waals surface area contributed by atoms with Gasteiger partial charge in [0.05, 0.1) is 11.8 Å². The summed E-state index contributed by atoms with van der Waals surface area (Å²) in [6.07, 6.45) is 3.25. The monoisotopic (exact) mass is 572 g/mol. The Labute approximate surface area is 246 Å². The third-order valence-corrected chi connectivity index (χ3v) is 7.93. The average molecular weight is 573 g/mol. The van der Waals surface area contributed by atoms with Crippen LogP contribution in [0.5, 0.6) is 0 Å². The number of nitrogens with zero attached hydrogens (tertiary/aromatic N) is 5. The summed E-state index contributed by atoms with van der Waals surface area (Å²) in [7, 11) is 2.13. The number of hydrogen-bond acceptors (Lipinski definition) is 9. The molecule has 3 aromatic rings. The molecule has 0 radical (unpaired) electrons. The quantitative estimate of drug-likeness (QED) is 0.321. The number of benzene rings is 2. The van der Waals surface area contributed by atoms with E-state index in [-0.39, 0.29) is 17.6 Å². The van der Waals surface area contributed by atoms with Gasteiger partial charge < -0.3 is 36.2 Å². The van der Waals surface area contributed by atoms with Crippen molar-refractivity contribution in [2.75, 3.05) is 61.4 Å². The van der Waals surface area contributed by atoms with Crippen molar-refractivity contribution in [2.45, 2.75) is 38.3 Å². The Hall–Kier alpha value is -4.22. The van der Waals surface area contributed by atoms with Crippen LogP contribution in [0.25, 0.3) is 0 Å². The number of primary amides is 1. The number of anilines is 4. The number of aromatic nitrogens is 2. The van der Waals surface area contributed by atoms with Crippen LogP contribution in [0.4, 0.5) is 23.0 Å². The second kappa shape index (κ2) is 12.3. The van der Waals surface area contributed by atoms with E-state index in [4.69, 9.17) is 10.7 Å². The number of likely N-dealkylation sites (N-methyl/N-ethyl adjacent to an activating group) is 1. The fraction of sp³-hybridized carbons (Fsp3) is 0.419. The smallest absolute Gasteiger partial charge is 0.271 e. The largest absolute Gasteiger partial charge is 0.386 e. The molecular weight excluding hydrogens is 532 g/mol. The molecule has 2 aliphatic heterocycles. The zero-order chi connectivity index (χ0) is 29.9. The molecule has 42 heavy (non-hydrogen) atoms. The molecule has 2 fully saturated rings. The number of amides is 2. The van der Waals surface area contributed by atoms with E-state index in [0.717, 1.165) is 62.5 Å². The number of piperidine rings is 1. The molecule has 222 valence electrons. The van der Waals surface area contributed by atoms with Crippen LogP contribution in [0.2, 0.25) is 0 Å². The van der Waals surface area contributed by atoms with Crippen LogP contribution < -0.4 is 26.2 Å². The van der Waals surface area contributed by atoms with Gasteiger partial charge in [-0.3, -0.25) is 9.59 Å². The highest BCUT2D eigenvalue weighted by Gasteiger charge is 2.25. The highest BCUT2D eigenvalue weighted by Crippen LogP contribution is 2.26. The van der Waals surface area contributed by atoms with Crippen LogP contribution in [0, 0.1) is 0 Å². The minimum absolute atomic E-state index is 0.0678. The first-order valence-electron chi connectivity index (χ1n) is 14.4. The summed E-state index contributed by atoms with van der Waals surface area (Å²) < 4.78 is 0. The van der Waals surface area contributed by atoms with Crippen molar-refractivity contribution in [1.82, 2.24) is 20.2 Å². The topological polar surface area (TPSA) is 140 Å². The van der Waals surface area contributed by atoms with E-state index in [2.05, 4.69) is 49.5 Å². The molecule has 11 nitrogen and oxygen atoms in total. The van der Waals surface area contributed by atoms with Gasteiger partial charge in [0.25, 0.3) is 11.8 Å². The molecule has 2 aliphatic rings. The van der Waals surface area contributed by atoms with E-state index in [1.807, 2.05) is 12.1 Å². The summed E-state index contributed by atoms with van der Waals surface area (Å²) in [6, 6.07) is 15.0. The maximum absolute atomic E-state index is 12.9. The standard InChI is InChI=1S/C31H40N8O3/c1-31(2,42)22-8-6-21(7-9-22)30(41)35-24-5-4-14-39(20-24)26-19-33-27(28(32)40)29(36-26)34-23-10-12-25(13-11-23)38-17-15-37(3)16-18-38/h6-13,19,24,42H,4-5,14-18,20H2,1-3H3,(H2,32,40)(H,34,36)(H,35,41)/t24-/m1/s1. The van der Waals surface area contributed by atoms with E-state index in [1.54, 1.807) is 44.3 Å². The normalized spacial score (nSPS) is 18.0. The van der Waals surface area contributed by atoms with Crippen molar-refractivity contribution >= 4 is 34.8 Å². The number of aliphatic hydroxyl groups is 1. The lowest BCUT2D eigenvalue weighted by Crippen LogP contribution is -2.48. The Morgan fingerprint density at radius 3 is 2.31 bits per heavy atom. The summed E-state index contributed by atoms with van der Waals surface area (Å²) in [6.45, 7) is 8.74. The number of piperazine rings is 1. The van der Waals surface area contributed by atoms with Gasteiger partial charge in [0, 0.05) is 62.2 Å². The van der Waals surface area contributed by atoms with E-state index in [0.29, 0.717) is 23.7 Å². The summed E-state index contributed by atoms with van der Waals surface area (Å²) in [4.78, 5) is 40.9. The van der Waals surface area contributed by atoms with Gasteiger partial charge in [-0.15, -0.1) is 0 Å². The SMILES string of the molecule is CN1CCN(c2ccc(Nc3nc(N4CCC[C@@H](NC(=O)c5ccc(C(C)(C)O)cc5)C4)cnc3C(N)=O)cc2)CC1. The predicted molar refractivity (Wildman–Crippen MR) is 164 cm³/mol. The maximum Gasteiger partial charge on any atom is 0.271 e. The molecule has 1 aromatic heterocycles. The van der Waals surface area contributed by atoms with Gasteiger partial charge in [0.15, 0.2) is 11.5 Å². The van der Waals surface area contributed by atoms with Crippen molar-refractivity contribution in [3.8, 4) is 0 Å². The molecule has 2 aromatic carbocycles. The van der Waals surface area contributed by atoms with Gasteiger partial charge in [0.1, 0.15) is 5.82 Å². The molecule has 0 aliphatic carbocycles. The lowest BCUT2D eigenvalue weighted by Gasteiger charge is -2.34. The second-order valence-corrected chi connectivity index (χ2v) is 11.6. The minimum Gasteiger partial charge on any atom is -0.386 e. The van der Waals surface area contributed by atoms with Gasteiger partial charge in [-0.2, -0.15) is 0 Å². The van der Waals surface area contributed by atoms with Crippen molar-refractivity contribution in [2.24, 2.45) is 5.73 Å². The maximum atomic E-state index is 12.9. The van der Waals surface area contributed by atoms with E-state index in [1.165, 1.54) is 0 Å². The van der Waals surface area contributed by atoms with E-state index < -0.39 is 11.5 Å². The Bertz CT molecular complexity index is 1400. The van der Waals surface area contributed by atoms with Gasteiger partial charge in [0.2, 0.25) is 0 Å². The Morgan fingerprint density at radius 1 is 0.976 bits per heavy atom. The van der Waals surface area contributed by atoms with E-state index in [9.17, 15) is 14.7 Å². The molecule has 0 unspecified atom stereocenters. The van der Waals surface area contributed by atoms with Crippen LogP contribution >= 0.6 is 0 Å². The molecule has 2 saturated heterocycles. The number of hydrogen-bond donors (Lipinski definition) is 4. The van der Waals surface area contributed by atoms with Crippen molar-refractivity contribution in [3.63, 3.8) is 0 Å². The lowest BCUT2D eigenvalue weighted by molar-refractivity contribution is 0.0783. The first-order valence-corrected chi connectivity index (χ1v) is 14.4. The number of nitrogens with two attached hydrogens (primary N) is 1. The first kappa shape index (κ1) is 29.3. The van der Waals surface area contributed by atoms with Crippen LogP contribution in [0.15, 0.2) is 54.7 Å². The highest BCUT2D eigenvalue weighted by molar-refractivity contribution is 5.96. The molecular formula is C31H40N8O3. The second-order valence-electron chi connectivity index (χ2n) is 11.6. The van der Waals surface area contributed by atoms with Crippen LogP contribution in [0.1, 0.15) is 53.1 Å². The minimum atomic E-state index is -0.967. The van der Waals surface area contributed by atoms with Crippen molar-refractivity contribution in [3.05, 3.63) is 71.5 Å². The van der Waals surface area contributed by atoms with Gasteiger partial charge in [-0.25, -0.2) is 9.97 Å². The Balaban J connectivity index is 1.26. The van der Waals surface area contributed by atoms with E-state index >= 15 is 0 Å². The molecule has 2 amide bonds. The number of carbonyl (C=O) groups is 2. The van der Waals surface area contributed by atoms with Crippen molar-refractivity contribution in [1.29, 1.82) is 0 Å². The summed E-state index contributed by atoms with van der Waals surface area (Å²) in [5.74, 6) is 0.0714. The fourth-order valence-corrected chi connectivity index (χ4v) is 5.36. The molecule has 0 spiro atoms. The van der Waals surface area contributed by atoms with Gasteiger partial charge in [-0.1, -0.05) is 12.1 Å². The molecule has 0 bridgehead atoms. The van der Waals surface area contributed by atoms with Crippen molar-refractivity contribution < 1.29 is 14.7 Å². The first-order chi connectivity index (χ1) is 20.1. The average Bonchev–Trinajstić information content (AvgIpc) is 2.97. The molecule has 3 heterocycles. The summed E-state index contributed by atoms with van der Waals surface area (Å²) in [5.41, 5.74) is 7.94. The Kier molecular flexibility index (Phi) is 8.60. The third kappa shape index (κ3) is 6.97. The zero-order valence-corrected chi connectivity index (χ0v) is 24.5. The van der Waals surface area contributed by atoms with Crippen LogP contribution in [-0.4, -0.2) is 84.1 Å². The fourth-order valence-electron chi connectivity index (χ4n) is 5.36. The summed E-state index contributed by atoms with van der Waals surface area (Å²) >= 11 is 0. The summed E-state index contributed by atoms with van der Waals surface area (Å²) in [5, 5.41) is 16.5. The molecule has 0 saturated carbocycles. The van der Waals surface area contributed by atoms with Gasteiger partial charge >= 0.3 is 0 Å². The van der Waals surface area contributed by atoms with Gasteiger partial charge in [-0.05, 0) is 75.7 Å². The van der Waals surface area contributed by atoms with Crippen LogP contribution in [-0.2, 0) is 5.60 Å². The van der Waals surface area contributed by atoms with Crippen LogP contribution in [0.3, 0.4) is 0 Å². The molecule has 11 heteroatoms. The lowest BCUT2D eigenvalue weighted by atomic mass is 9.97. The molecule has 1 atom stereocenters. The third-order valence-electron chi connectivity index (χ3n) is 7.93. The Morgan fingerprint density at radius 2 is 1.67 bits per heavy atom. The molecule has 5 N–H and O–H groups in total. The molecule has 5 rings (SSSR count). The number of carbonyl (C=O) groups excluding carboxylic acids is 2. The number of nitrogens with one attached hydrogen (secondary N) is 2.